The van der Waals surface area contributed by atoms with E-state index in [0.29, 0.717) is 12.0 Å². The largest absolute Gasteiger partial charge is 0.467 e. The molecule has 2 aromatic rings. The van der Waals surface area contributed by atoms with Crippen LogP contribution < -0.4 is 5.32 Å². The predicted octanol–water partition coefficient (Wildman–Crippen LogP) is 2.08. The van der Waals surface area contributed by atoms with Gasteiger partial charge in [-0.3, -0.25) is 4.79 Å². The van der Waals surface area contributed by atoms with Gasteiger partial charge < -0.3 is 10.1 Å². The van der Waals surface area contributed by atoms with E-state index < -0.39 is 11.5 Å². The van der Waals surface area contributed by atoms with E-state index in [4.69, 9.17) is 4.74 Å². The number of fused-ring (bicyclic) bond motifs is 1. The topological polar surface area (TPSA) is 86.1 Å². The minimum Gasteiger partial charge on any atom is -0.467 e. The zero-order chi connectivity index (χ0) is 17.2. The van der Waals surface area contributed by atoms with Crippen LogP contribution >= 0.6 is 0 Å². The molecular formula is C16H22N4O3. The first-order valence-electron chi connectivity index (χ1n) is 7.56. The van der Waals surface area contributed by atoms with Crippen LogP contribution in [0.5, 0.6) is 0 Å². The van der Waals surface area contributed by atoms with Crippen LogP contribution in [0, 0.1) is 0 Å². The summed E-state index contributed by atoms with van der Waals surface area (Å²) in [6, 6.07) is 1.90. The highest BCUT2D eigenvalue weighted by molar-refractivity contribution is 5.99. The molecule has 0 aliphatic rings. The van der Waals surface area contributed by atoms with Gasteiger partial charge in [-0.25, -0.2) is 14.5 Å². The van der Waals surface area contributed by atoms with Crippen molar-refractivity contribution in [3.8, 4) is 0 Å². The standard InChI is InChI=1S/C16H22N4O3/c1-6-16(4,15(22)23-5)19-14(21)12-7-11-9-18-20(10(2)3)13(11)17-8-12/h7-10H,6H2,1-5H3,(H,19,21). The highest BCUT2D eigenvalue weighted by Crippen LogP contribution is 2.18. The molecule has 23 heavy (non-hydrogen) atoms. The maximum absolute atomic E-state index is 12.4. The Balaban J connectivity index is 2.29. The van der Waals surface area contributed by atoms with Crippen molar-refractivity contribution in [3.63, 3.8) is 0 Å². The van der Waals surface area contributed by atoms with Crippen LogP contribution in [0.25, 0.3) is 11.0 Å². The van der Waals surface area contributed by atoms with Gasteiger partial charge in [0, 0.05) is 17.6 Å². The van der Waals surface area contributed by atoms with Gasteiger partial charge in [-0.2, -0.15) is 5.10 Å². The number of hydrogen-bond acceptors (Lipinski definition) is 5. The third-order valence-electron chi connectivity index (χ3n) is 3.92. The summed E-state index contributed by atoms with van der Waals surface area (Å²) in [5.41, 5.74) is 0.0373. The summed E-state index contributed by atoms with van der Waals surface area (Å²) in [4.78, 5) is 28.6. The van der Waals surface area contributed by atoms with Crippen molar-refractivity contribution in [1.82, 2.24) is 20.1 Å². The monoisotopic (exact) mass is 318 g/mol. The van der Waals surface area contributed by atoms with Crippen molar-refractivity contribution in [1.29, 1.82) is 0 Å². The molecule has 0 aliphatic heterocycles. The Labute approximate surface area is 135 Å². The van der Waals surface area contributed by atoms with Crippen molar-refractivity contribution in [2.24, 2.45) is 0 Å². The number of pyridine rings is 1. The molecule has 1 atom stereocenters. The van der Waals surface area contributed by atoms with Gasteiger partial charge in [0.1, 0.15) is 5.54 Å². The Kier molecular flexibility index (Phi) is 4.68. The SMILES string of the molecule is CCC(C)(NC(=O)c1cnc2c(cnn2C(C)C)c1)C(=O)OC. The summed E-state index contributed by atoms with van der Waals surface area (Å²) in [5, 5.41) is 7.78. The molecule has 0 saturated heterocycles. The van der Waals surface area contributed by atoms with Gasteiger partial charge in [0.2, 0.25) is 0 Å². The molecule has 1 unspecified atom stereocenters. The summed E-state index contributed by atoms with van der Waals surface area (Å²) >= 11 is 0. The number of aromatic nitrogens is 3. The molecule has 0 fully saturated rings. The molecule has 0 aromatic carbocycles. The maximum Gasteiger partial charge on any atom is 0.331 e. The van der Waals surface area contributed by atoms with Crippen LogP contribution in [-0.4, -0.2) is 39.3 Å². The van der Waals surface area contributed by atoms with Crippen LogP contribution in [0.3, 0.4) is 0 Å². The third kappa shape index (κ3) is 3.18. The minimum absolute atomic E-state index is 0.183. The number of amides is 1. The van der Waals surface area contributed by atoms with Gasteiger partial charge in [-0.1, -0.05) is 6.92 Å². The summed E-state index contributed by atoms with van der Waals surface area (Å²) < 4.78 is 6.55. The van der Waals surface area contributed by atoms with E-state index in [1.54, 1.807) is 23.9 Å². The van der Waals surface area contributed by atoms with Gasteiger partial charge in [0.15, 0.2) is 5.65 Å². The normalized spacial score (nSPS) is 13.8. The first kappa shape index (κ1) is 16.9. The zero-order valence-electron chi connectivity index (χ0n) is 14.1. The van der Waals surface area contributed by atoms with E-state index in [9.17, 15) is 9.59 Å². The van der Waals surface area contributed by atoms with Crippen LogP contribution in [0.4, 0.5) is 0 Å². The van der Waals surface area contributed by atoms with Crippen LogP contribution in [0.15, 0.2) is 18.5 Å². The Bertz CT molecular complexity index is 738. The lowest BCUT2D eigenvalue weighted by atomic mass is 9.98. The number of carbonyl (C=O) groups is 2. The predicted molar refractivity (Wildman–Crippen MR) is 86.1 cm³/mol. The Morgan fingerprint density at radius 1 is 1.39 bits per heavy atom. The summed E-state index contributed by atoms with van der Waals surface area (Å²) in [6.07, 6.45) is 3.59. The smallest absolute Gasteiger partial charge is 0.331 e. The van der Waals surface area contributed by atoms with Gasteiger partial charge in [0.05, 0.1) is 18.9 Å². The number of methoxy groups -OCH3 is 1. The highest BCUT2D eigenvalue weighted by Gasteiger charge is 2.34. The molecule has 1 amide bonds. The zero-order valence-corrected chi connectivity index (χ0v) is 14.1. The highest BCUT2D eigenvalue weighted by atomic mass is 16.5. The second kappa shape index (κ2) is 6.36. The Hall–Kier alpha value is -2.44. The summed E-state index contributed by atoms with van der Waals surface area (Å²) in [5.74, 6) is -0.846. The van der Waals surface area contributed by atoms with Crippen molar-refractivity contribution < 1.29 is 14.3 Å². The molecule has 2 rings (SSSR count). The molecule has 0 aliphatic carbocycles. The lowest BCUT2D eigenvalue weighted by Crippen LogP contribution is -2.52. The van der Waals surface area contributed by atoms with E-state index in [1.807, 2.05) is 20.8 Å². The lowest BCUT2D eigenvalue weighted by molar-refractivity contribution is -0.147. The quantitative estimate of drug-likeness (QED) is 0.853. The van der Waals surface area contributed by atoms with Gasteiger partial charge in [0.25, 0.3) is 5.91 Å². The number of nitrogens with zero attached hydrogens (tertiary/aromatic N) is 3. The molecule has 0 spiro atoms. The van der Waals surface area contributed by atoms with Crippen molar-refractivity contribution >= 4 is 22.9 Å². The van der Waals surface area contributed by atoms with Gasteiger partial charge in [-0.05, 0) is 33.3 Å². The van der Waals surface area contributed by atoms with Crippen molar-refractivity contribution in [2.75, 3.05) is 7.11 Å². The average molecular weight is 318 g/mol. The number of carbonyl (C=O) groups excluding carboxylic acids is 2. The molecule has 1 N–H and O–H groups in total. The first-order valence-corrected chi connectivity index (χ1v) is 7.56. The molecule has 124 valence electrons. The molecular weight excluding hydrogens is 296 g/mol. The van der Waals surface area contributed by atoms with E-state index >= 15 is 0 Å². The number of esters is 1. The fourth-order valence-corrected chi connectivity index (χ4v) is 2.27. The molecule has 0 radical (unpaired) electrons. The number of nitrogens with one attached hydrogen (secondary N) is 1. The van der Waals surface area contributed by atoms with Crippen LogP contribution in [0.1, 0.15) is 50.5 Å². The van der Waals surface area contributed by atoms with Crippen molar-refractivity contribution in [3.05, 3.63) is 24.0 Å². The van der Waals surface area contributed by atoms with E-state index in [0.717, 1.165) is 11.0 Å². The molecule has 2 aromatic heterocycles. The van der Waals surface area contributed by atoms with Gasteiger partial charge >= 0.3 is 5.97 Å². The molecule has 2 heterocycles. The summed E-state index contributed by atoms with van der Waals surface area (Å²) in [6.45, 7) is 7.47. The Morgan fingerprint density at radius 3 is 2.65 bits per heavy atom. The van der Waals surface area contributed by atoms with Gasteiger partial charge in [-0.15, -0.1) is 0 Å². The Morgan fingerprint density at radius 2 is 2.09 bits per heavy atom. The number of ether oxygens (including phenoxy) is 1. The number of rotatable bonds is 5. The lowest BCUT2D eigenvalue weighted by Gasteiger charge is -2.26. The molecule has 7 nitrogen and oxygen atoms in total. The molecule has 0 saturated carbocycles. The second-order valence-electron chi connectivity index (χ2n) is 5.95. The summed E-state index contributed by atoms with van der Waals surface area (Å²) in [7, 11) is 1.30. The second-order valence-corrected chi connectivity index (χ2v) is 5.95. The van der Waals surface area contributed by atoms with Crippen molar-refractivity contribution in [2.45, 2.75) is 45.7 Å². The average Bonchev–Trinajstić information content (AvgIpc) is 2.96. The fourth-order valence-electron chi connectivity index (χ4n) is 2.27. The van der Waals surface area contributed by atoms with Crippen LogP contribution in [-0.2, 0) is 9.53 Å². The molecule has 7 heteroatoms. The molecule has 0 bridgehead atoms. The first-order chi connectivity index (χ1) is 10.8. The third-order valence-corrected chi connectivity index (χ3v) is 3.92. The fraction of sp³-hybridized carbons (Fsp3) is 0.500. The number of hydrogen-bond donors (Lipinski definition) is 1. The van der Waals surface area contributed by atoms with E-state index in [-0.39, 0.29) is 11.9 Å². The maximum atomic E-state index is 12.4. The van der Waals surface area contributed by atoms with E-state index in [1.165, 1.54) is 13.3 Å². The van der Waals surface area contributed by atoms with Crippen LogP contribution in [0.2, 0.25) is 0 Å². The van der Waals surface area contributed by atoms with E-state index in [2.05, 4.69) is 15.4 Å². The minimum atomic E-state index is -1.07.